The zero-order chi connectivity index (χ0) is 19.3. The van der Waals surface area contributed by atoms with Gasteiger partial charge in [0.2, 0.25) is 0 Å². The molecule has 0 aromatic heterocycles. The minimum atomic E-state index is -0.00364. The van der Waals surface area contributed by atoms with Crippen LogP contribution in [0.25, 0.3) is 11.1 Å². The number of para-hydroxylation sites is 1. The topological polar surface area (TPSA) is 40.5 Å². The molecule has 0 saturated carbocycles. The molecular formula is C24H34O2. The van der Waals surface area contributed by atoms with E-state index in [2.05, 4.69) is 40.7 Å². The standard InChI is InChI=1S/C24H34O2/c1-6-7-8-11-18-20(16(2)3)14-21(17(4)5)22(15-25)24(18)19-12-9-10-13-23(19)26/h9-10,12-14,16-17,25-26H,6-8,11,15H2,1-5H3. The van der Waals surface area contributed by atoms with E-state index in [4.69, 9.17) is 0 Å². The van der Waals surface area contributed by atoms with Crippen molar-refractivity contribution in [3.8, 4) is 16.9 Å². The van der Waals surface area contributed by atoms with Crippen LogP contribution in [0.1, 0.15) is 88.0 Å². The lowest BCUT2D eigenvalue weighted by Gasteiger charge is -2.25. The van der Waals surface area contributed by atoms with Crippen LogP contribution in [0.15, 0.2) is 30.3 Å². The van der Waals surface area contributed by atoms with Gasteiger partial charge in [0, 0.05) is 5.56 Å². The van der Waals surface area contributed by atoms with Gasteiger partial charge in [0.25, 0.3) is 0 Å². The first-order valence-corrected chi connectivity index (χ1v) is 10.00. The van der Waals surface area contributed by atoms with Crippen LogP contribution in [0.2, 0.25) is 0 Å². The van der Waals surface area contributed by atoms with Gasteiger partial charge < -0.3 is 10.2 Å². The van der Waals surface area contributed by atoms with Crippen LogP contribution in [0, 0.1) is 0 Å². The van der Waals surface area contributed by atoms with Crippen molar-refractivity contribution in [3.05, 3.63) is 52.6 Å². The molecule has 0 spiro atoms. The van der Waals surface area contributed by atoms with Crippen molar-refractivity contribution in [2.24, 2.45) is 0 Å². The third kappa shape index (κ3) is 4.29. The molecule has 0 bridgehead atoms. The minimum Gasteiger partial charge on any atom is -0.507 e. The Morgan fingerprint density at radius 1 is 0.885 bits per heavy atom. The number of aromatic hydroxyl groups is 1. The number of rotatable bonds is 8. The number of hydrogen-bond acceptors (Lipinski definition) is 2. The van der Waals surface area contributed by atoms with Crippen LogP contribution in [-0.2, 0) is 13.0 Å². The van der Waals surface area contributed by atoms with Crippen LogP contribution in [0.5, 0.6) is 5.75 Å². The molecule has 2 N–H and O–H groups in total. The van der Waals surface area contributed by atoms with E-state index in [-0.39, 0.29) is 12.4 Å². The summed E-state index contributed by atoms with van der Waals surface area (Å²) in [5.41, 5.74) is 6.69. The molecule has 2 aromatic carbocycles. The molecule has 2 nitrogen and oxygen atoms in total. The number of aliphatic hydroxyl groups excluding tert-OH is 1. The van der Waals surface area contributed by atoms with E-state index in [0.717, 1.165) is 29.5 Å². The molecule has 2 rings (SSSR count). The first-order chi connectivity index (χ1) is 12.4. The van der Waals surface area contributed by atoms with Gasteiger partial charge in [0.1, 0.15) is 5.75 Å². The Labute approximate surface area is 158 Å². The van der Waals surface area contributed by atoms with Crippen LogP contribution in [0.4, 0.5) is 0 Å². The van der Waals surface area contributed by atoms with Crippen LogP contribution in [-0.4, -0.2) is 10.2 Å². The molecule has 0 radical (unpaired) electrons. The van der Waals surface area contributed by atoms with E-state index in [1.807, 2.05) is 18.2 Å². The van der Waals surface area contributed by atoms with Crippen molar-refractivity contribution in [2.75, 3.05) is 0 Å². The van der Waals surface area contributed by atoms with Gasteiger partial charge in [-0.25, -0.2) is 0 Å². The summed E-state index contributed by atoms with van der Waals surface area (Å²) in [6.45, 7) is 11.0. The van der Waals surface area contributed by atoms with Gasteiger partial charge in [-0.3, -0.25) is 0 Å². The molecule has 0 aliphatic carbocycles. The molecule has 26 heavy (non-hydrogen) atoms. The molecule has 0 amide bonds. The number of hydrogen-bond donors (Lipinski definition) is 2. The highest BCUT2D eigenvalue weighted by molar-refractivity contribution is 5.78. The highest BCUT2D eigenvalue weighted by atomic mass is 16.3. The third-order valence-electron chi connectivity index (χ3n) is 5.22. The summed E-state index contributed by atoms with van der Waals surface area (Å²) in [7, 11) is 0. The monoisotopic (exact) mass is 354 g/mol. The second-order valence-corrected chi connectivity index (χ2v) is 7.83. The van der Waals surface area contributed by atoms with Gasteiger partial charge >= 0.3 is 0 Å². The second kappa shape index (κ2) is 9.23. The Bertz CT molecular complexity index is 729. The van der Waals surface area contributed by atoms with Crippen LogP contribution in [0.3, 0.4) is 0 Å². The lowest BCUT2D eigenvalue weighted by atomic mass is 9.80. The quantitative estimate of drug-likeness (QED) is 0.529. The molecule has 0 heterocycles. The van der Waals surface area contributed by atoms with Gasteiger partial charge in [-0.1, -0.05) is 71.7 Å². The van der Waals surface area contributed by atoms with E-state index < -0.39 is 0 Å². The zero-order valence-electron chi connectivity index (χ0n) is 17.0. The first-order valence-electron chi connectivity index (χ1n) is 10.00. The lowest BCUT2D eigenvalue weighted by Crippen LogP contribution is -2.09. The van der Waals surface area contributed by atoms with Crippen LogP contribution >= 0.6 is 0 Å². The zero-order valence-corrected chi connectivity index (χ0v) is 17.0. The van der Waals surface area contributed by atoms with Crippen molar-refractivity contribution in [3.63, 3.8) is 0 Å². The fourth-order valence-electron chi connectivity index (χ4n) is 3.84. The van der Waals surface area contributed by atoms with E-state index in [9.17, 15) is 10.2 Å². The Hall–Kier alpha value is -1.80. The number of benzene rings is 2. The van der Waals surface area contributed by atoms with E-state index in [1.165, 1.54) is 29.5 Å². The van der Waals surface area contributed by atoms with Crippen molar-refractivity contribution in [2.45, 2.75) is 78.7 Å². The first kappa shape index (κ1) is 20.5. The molecule has 0 aliphatic heterocycles. The Morgan fingerprint density at radius 3 is 2.04 bits per heavy atom. The normalized spacial score (nSPS) is 11.5. The Kier molecular flexibility index (Phi) is 7.28. The van der Waals surface area contributed by atoms with Crippen LogP contribution < -0.4 is 0 Å². The summed E-state index contributed by atoms with van der Waals surface area (Å²) in [5.74, 6) is 1.01. The summed E-state index contributed by atoms with van der Waals surface area (Å²) in [5, 5.41) is 20.8. The highest BCUT2D eigenvalue weighted by Crippen LogP contribution is 2.42. The van der Waals surface area contributed by atoms with Crippen molar-refractivity contribution >= 4 is 0 Å². The molecule has 142 valence electrons. The second-order valence-electron chi connectivity index (χ2n) is 7.83. The maximum atomic E-state index is 10.6. The average molecular weight is 355 g/mol. The summed E-state index contributed by atoms with van der Waals surface area (Å²) in [6, 6.07) is 9.82. The molecule has 0 saturated heterocycles. The van der Waals surface area contributed by atoms with Gasteiger partial charge in [-0.15, -0.1) is 0 Å². The van der Waals surface area contributed by atoms with E-state index in [0.29, 0.717) is 11.8 Å². The van der Waals surface area contributed by atoms with Crippen molar-refractivity contribution in [1.29, 1.82) is 0 Å². The summed E-state index contributed by atoms with van der Waals surface area (Å²) >= 11 is 0. The number of phenols is 1. The molecule has 0 aliphatic rings. The maximum Gasteiger partial charge on any atom is 0.123 e. The Balaban J connectivity index is 2.83. The number of phenolic OH excluding ortho intramolecular Hbond substituents is 1. The van der Waals surface area contributed by atoms with Gasteiger partial charge in [0.15, 0.2) is 0 Å². The minimum absolute atomic E-state index is 0.00364. The van der Waals surface area contributed by atoms with Gasteiger partial charge in [-0.05, 0) is 58.6 Å². The van der Waals surface area contributed by atoms with Crippen molar-refractivity contribution in [1.82, 2.24) is 0 Å². The highest BCUT2D eigenvalue weighted by Gasteiger charge is 2.22. The SMILES string of the molecule is CCCCCc1c(C(C)C)cc(C(C)C)c(CO)c1-c1ccccc1O. The number of unbranched alkanes of at least 4 members (excludes halogenated alkanes) is 2. The lowest BCUT2D eigenvalue weighted by molar-refractivity contribution is 0.280. The summed E-state index contributed by atoms with van der Waals surface area (Å²) < 4.78 is 0. The molecule has 2 heteroatoms. The summed E-state index contributed by atoms with van der Waals surface area (Å²) in [4.78, 5) is 0. The third-order valence-corrected chi connectivity index (χ3v) is 5.22. The molecular weight excluding hydrogens is 320 g/mol. The fourth-order valence-corrected chi connectivity index (χ4v) is 3.84. The number of aliphatic hydroxyl groups is 1. The van der Waals surface area contributed by atoms with Gasteiger partial charge in [-0.2, -0.15) is 0 Å². The Morgan fingerprint density at radius 2 is 1.50 bits per heavy atom. The molecule has 0 unspecified atom stereocenters. The largest absolute Gasteiger partial charge is 0.507 e. The smallest absolute Gasteiger partial charge is 0.123 e. The maximum absolute atomic E-state index is 10.6. The molecule has 2 aromatic rings. The fraction of sp³-hybridized carbons (Fsp3) is 0.500. The molecule has 0 atom stereocenters. The van der Waals surface area contributed by atoms with Crippen molar-refractivity contribution < 1.29 is 10.2 Å². The average Bonchev–Trinajstić information content (AvgIpc) is 2.61. The summed E-state index contributed by atoms with van der Waals surface area (Å²) in [6.07, 6.45) is 4.48. The predicted molar refractivity (Wildman–Crippen MR) is 111 cm³/mol. The molecule has 0 fully saturated rings. The van der Waals surface area contributed by atoms with E-state index >= 15 is 0 Å². The van der Waals surface area contributed by atoms with E-state index in [1.54, 1.807) is 6.07 Å². The van der Waals surface area contributed by atoms with Gasteiger partial charge in [0.05, 0.1) is 6.61 Å². The predicted octanol–water partition coefficient (Wildman–Crippen LogP) is 6.53.